The molecule has 2 heterocycles. The number of para-hydroxylation sites is 1. The SMILES string of the molecule is CC(=O)Nc1ccc(CC(=O)N2CCc3c([nH]c4ccccc34)C2)cc1. The van der Waals surface area contributed by atoms with Gasteiger partial charge in [0.1, 0.15) is 0 Å². The fraction of sp³-hybridized carbons (Fsp3) is 0.238. The molecule has 0 aliphatic carbocycles. The molecule has 2 aromatic carbocycles. The zero-order chi connectivity index (χ0) is 18.1. The Bertz CT molecular complexity index is 973. The molecule has 1 aliphatic heterocycles. The Labute approximate surface area is 152 Å². The first-order valence-corrected chi connectivity index (χ1v) is 8.83. The van der Waals surface area contributed by atoms with Gasteiger partial charge in [-0.05, 0) is 35.7 Å². The lowest BCUT2D eigenvalue weighted by molar-refractivity contribution is -0.131. The van der Waals surface area contributed by atoms with Gasteiger partial charge in [0, 0.05) is 35.8 Å². The van der Waals surface area contributed by atoms with Gasteiger partial charge in [-0.3, -0.25) is 9.59 Å². The van der Waals surface area contributed by atoms with Crippen LogP contribution in [0.1, 0.15) is 23.7 Å². The molecule has 5 heteroatoms. The number of carbonyl (C=O) groups is 2. The number of carbonyl (C=O) groups excluding carboxylic acids is 2. The maximum atomic E-state index is 12.7. The van der Waals surface area contributed by atoms with E-state index in [1.165, 1.54) is 17.9 Å². The fourth-order valence-electron chi connectivity index (χ4n) is 3.60. The van der Waals surface area contributed by atoms with Gasteiger partial charge in [-0.2, -0.15) is 0 Å². The van der Waals surface area contributed by atoms with Gasteiger partial charge in [-0.15, -0.1) is 0 Å². The number of benzene rings is 2. The van der Waals surface area contributed by atoms with Crippen LogP contribution in [0.15, 0.2) is 48.5 Å². The molecular weight excluding hydrogens is 326 g/mol. The zero-order valence-electron chi connectivity index (χ0n) is 14.7. The van der Waals surface area contributed by atoms with Crippen molar-refractivity contribution in [3.05, 3.63) is 65.4 Å². The molecule has 0 fully saturated rings. The number of hydrogen-bond acceptors (Lipinski definition) is 2. The van der Waals surface area contributed by atoms with E-state index < -0.39 is 0 Å². The Morgan fingerprint density at radius 2 is 1.88 bits per heavy atom. The van der Waals surface area contributed by atoms with Gasteiger partial charge in [-0.1, -0.05) is 30.3 Å². The topological polar surface area (TPSA) is 65.2 Å². The molecule has 132 valence electrons. The second kappa shape index (κ2) is 6.67. The quantitative estimate of drug-likeness (QED) is 0.764. The number of aromatic amines is 1. The Hall–Kier alpha value is -3.08. The van der Waals surface area contributed by atoms with Crippen molar-refractivity contribution in [1.29, 1.82) is 0 Å². The summed E-state index contributed by atoms with van der Waals surface area (Å²) in [7, 11) is 0. The van der Waals surface area contributed by atoms with E-state index in [1.54, 1.807) is 0 Å². The van der Waals surface area contributed by atoms with Crippen LogP contribution in [0.2, 0.25) is 0 Å². The first-order chi connectivity index (χ1) is 12.6. The number of anilines is 1. The van der Waals surface area contributed by atoms with E-state index in [-0.39, 0.29) is 11.8 Å². The Kier molecular flexibility index (Phi) is 4.21. The molecule has 5 nitrogen and oxygen atoms in total. The second-order valence-electron chi connectivity index (χ2n) is 6.75. The molecular formula is C21H21N3O2. The molecule has 4 rings (SSSR count). The van der Waals surface area contributed by atoms with Crippen LogP contribution < -0.4 is 5.32 Å². The highest BCUT2D eigenvalue weighted by Gasteiger charge is 2.23. The number of aromatic nitrogens is 1. The maximum Gasteiger partial charge on any atom is 0.227 e. The van der Waals surface area contributed by atoms with E-state index in [0.29, 0.717) is 13.0 Å². The summed E-state index contributed by atoms with van der Waals surface area (Å²) >= 11 is 0. The highest BCUT2D eigenvalue weighted by atomic mass is 16.2. The molecule has 0 bridgehead atoms. The lowest BCUT2D eigenvalue weighted by Crippen LogP contribution is -2.36. The second-order valence-corrected chi connectivity index (χ2v) is 6.75. The van der Waals surface area contributed by atoms with Crippen LogP contribution in [0, 0.1) is 0 Å². The predicted octanol–water partition coefficient (Wildman–Crippen LogP) is 3.25. The molecule has 1 aliphatic rings. The van der Waals surface area contributed by atoms with Gasteiger partial charge >= 0.3 is 0 Å². The summed E-state index contributed by atoms with van der Waals surface area (Å²) in [5.41, 5.74) is 5.32. The summed E-state index contributed by atoms with van der Waals surface area (Å²) in [6, 6.07) is 15.7. The Morgan fingerprint density at radius 3 is 2.65 bits per heavy atom. The van der Waals surface area contributed by atoms with Crippen molar-refractivity contribution >= 4 is 28.4 Å². The van der Waals surface area contributed by atoms with Crippen LogP contribution in [0.5, 0.6) is 0 Å². The van der Waals surface area contributed by atoms with E-state index in [9.17, 15) is 9.59 Å². The van der Waals surface area contributed by atoms with Gasteiger partial charge in [0.2, 0.25) is 11.8 Å². The smallest absolute Gasteiger partial charge is 0.227 e. The van der Waals surface area contributed by atoms with Crippen LogP contribution in [-0.4, -0.2) is 28.2 Å². The minimum absolute atomic E-state index is 0.101. The monoisotopic (exact) mass is 347 g/mol. The molecule has 26 heavy (non-hydrogen) atoms. The molecule has 0 saturated heterocycles. The third kappa shape index (κ3) is 3.20. The first-order valence-electron chi connectivity index (χ1n) is 8.83. The van der Waals surface area contributed by atoms with Crippen molar-refractivity contribution < 1.29 is 9.59 Å². The number of rotatable bonds is 3. The van der Waals surface area contributed by atoms with Crippen molar-refractivity contribution in [3.8, 4) is 0 Å². The standard InChI is InChI=1S/C21H21N3O2/c1-14(25)22-16-8-6-15(7-9-16)12-21(26)24-11-10-18-17-4-2-3-5-19(17)23-20(18)13-24/h2-9,23H,10-13H2,1H3,(H,22,25). The third-order valence-corrected chi connectivity index (χ3v) is 4.87. The van der Waals surface area contributed by atoms with Crippen molar-refractivity contribution in [1.82, 2.24) is 9.88 Å². The van der Waals surface area contributed by atoms with E-state index in [2.05, 4.69) is 28.5 Å². The summed E-state index contributed by atoms with van der Waals surface area (Å²) in [5, 5.41) is 4.00. The minimum Gasteiger partial charge on any atom is -0.357 e. The normalized spacial score (nSPS) is 13.5. The van der Waals surface area contributed by atoms with E-state index in [0.717, 1.165) is 35.4 Å². The molecule has 0 radical (unpaired) electrons. The largest absolute Gasteiger partial charge is 0.357 e. The summed E-state index contributed by atoms with van der Waals surface area (Å²) in [4.78, 5) is 29.1. The number of hydrogen-bond donors (Lipinski definition) is 2. The van der Waals surface area contributed by atoms with Crippen LogP contribution in [-0.2, 0) is 29.0 Å². The summed E-state index contributed by atoms with van der Waals surface area (Å²) in [6.07, 6.45) is 1.25. The first kappa shape index (κ1) is 16.4. The highest BCUT2D eigenvalue weighted by molar-refractivity contribution is 5.89. The van der Waals surface area contributed by atoms with Crippen molar-refractivity contribution in [3.63, 3.8) is 0 Å². The summed E-state index contributed by atoms with van der Waals surface area (Å²) in [6.45, 7) is 2.86. The Morgan fingerprint density at radius 1 is 1.12 bits per heavy atom. The average Bonchev–Trinajstić information content (AvgIpc) is 3.00. The molecule has 0 atom stereocenters. The van der Waals surface area contributed by atoms with Crippen LogP contribution in [0.4, 0.5) is 5.69 Å². The van der Waals surface area contributed by atoms with Gasteiger partial charge in [0.05, 0.1) is 13.0 Å². The Balaban J connectivity index is 1.45. The number of H-pyrrole nitrogens is 1. The lowest BCUT2D eigenvalue weighted by atomic mass is 10.0. The molecule has 1 aromatic heterocycles. The van der Waals surface area contributed by atoms with Gasteiger partial charge in [0.25, 0.3) is 0 Å². The van der Waals surface area contributed by atoms with E-state index in [4.69, 9.17) is 0 Å². The minimum atomic E-state index is -0.101. The lowest BCUT2D eigenvalue weighted by Gasteiger charge is -2.27. The van der Waals surface area contributed by atoms with Crippen LogP contribution in [0.25, 0.3) is 10.9 Å². The maximum absolute atomic E-state index is 12.7. The van der Waals surface area contributed by atoms with Crippen molar-refractivity contribution in [2.75, 3.05) is 11.9 Å². The predicted molar refractivity (Wildman–Crippen MR) is 102 cm³/mol. The fourth-order valence-corrected chi connectivity index (χ4v) is 3.60. The third-order valence-electron chi connectivity index (χ3n) is 4.87. The van der Waals surface area contributed by atoms with Gasteiger partial charge < -0.3 is 15.2 Å². The summed E-state index contributed by atoms with van der Waals surface area (Å²) < 4.78 is 0. The average molecular weight is 347 g/mol. The number of amides is 2. The van der Waals surface area contributed by atoms with E-state index in [1.807, 2.05) is 35.2 Å². The van der Waals surface area contributed by atoms with Crippen molar-refractivity contribution in [2.45, 2.75) is 26.3 Å². The molecule has 0 saturated carbocycles. The van der Waals surface area contributed by atoms with Crippen molar-refractivity contribution in [2.24, 2.45) is 0 Å². The molecule has 0 spiro atoms. The molecule has 3 aromatic rings. The van der Waals surface area contributed by atoms with Crippen LogP contribution in [0.3, 0.4) is 0 Å². The number of fused-ring (bicyclic) bond motifs is 3. The number of nitrogens with one attached hydrogen (secondary N) is 2. The molecule has 0 unspecified atom stereocenters. The number of nitrogens with zero attached hydrogens (tertiary/aromatic N) is 1. The summed E-state index contributed by atoms with van der Waals surface area (Å²) in [5.74, 6) is 0.0258. The molecule has 2 N–H and O–H groups in total. The van der Waals surface area contributed by atoms with Gasteiger partial charge in [0.15, 0.2) is 0 Å². The zero-order valence-corrected chi connectivity index (χ0v) is 14.7. The molecule has 2 amide bonds. The van der Waals surface area contributed by atoms with Gasteiger partial charge in [-0.25, -0.2) is 0 Å². The highest BCUT2D eigenvalue weighted by Crippen LogP contribution is 2.27. The van der Waals surface area contributed by atoms with Crippen LogP contribution >= 0.6 is 0 Å². The van der Waals surface area contributed by atoms with E-state index >= 15 is 0 Å².